The molecule has 0 aromatic heterocycles. The van der Waals surface area contributed by atoms with Gasteiger partial charge in [0.25, 0.3) is 0 Å². The lowest BCUT2D eigenvalue weighted by molar-refractivity contribution is -0.124. The summed E-state index contributed by atoms with van der Waals surface area (Å²) >= 11 is 1.62. The van der Waals surface area contributed by atoms with Gasteiger partial charge in [-0.25, -0.2) is 4.79 Å². The van der Waals surface area contributed by atoms with Gasteiger partial charge in [-0.15, -0.1) is 0 Å². The molecule has 110 valence electrons. The van der Waals surface area contributed by atoms with Crippen LogP contribution in [0.15, 0.2) is 0 Å². The molecule has 3 amide bonds. The summed E-state index contributed by atoms with van der Waals surface area (Å²) in [5.74, 6) is 0.594. The molecule has 1 unspecified atom stereocenters. The van der Waals surface area contributed by atoms with Crippen LogP contribution >= 0.6 is 11.8 Å². The van der Waals surface area contributed by atoms with Crippen molar-refractivity contribution in [3.63, 3.8) is 0 Å². The third-order valence-electron chi connectivity index (χ3n) is 3.29. The lowest BCUT2D eigenvalue weighted by Crippen LogP contribution is -2.51. The quantitative estimate of drug-likeness (QED) is 0.560. The molecule has 1 aliphatic rings. The number of carbonyl (C=O) groups is 2. The molecule has 19 heavy (non-hydrogen) atoms. The highest BCUT2D eigenvalue weighted by Gasteiger charge is 2.25. The van der Waals surface area contributed by atoms with E-state index in [-0.39, 0.29) is 18.1 Å². The predicted octanol–water partition coefficient (Wildman–Crippen LogP) is 0.196. The fraction of sp³-hybridized carbons (Fsp3) is 0.833. The van der Waals surface area contributed by atoms with Gasteiger partial charge < -0.3 is 21.5 Å². The Balaban J connectivity index is 2.43. The van der Waals surface area contributed by atoms with Gasteiger partial charge in [0.1, 0.15) is 6.04 Å². The molecule has 0 bridgehead atoms. The van der Waals surface area contributed by atoms with Crippen molar-refractivity contribution >= 4 is 23.7 Å². The second-order valence-electron chi connectivity index (χ2n) is 4.86. The first kappa shape index (κ1) is 16.1. The van der Waals surface area contributed by atoms with Crippen molar-refractivity contribution in [1.82, 2.24) is 10.6 Å². The number of carbonyl (C=O) groups excluding carboxylic acids is 2. The number of thioether (sulfide) groups is 1. The van der Waals surface area contributed by atoms with Crippen LogP contribution in [-0.4, -0.2) is 47.2 Å². The summed E-state index contributed by atoms with van der Waals surface area (Å²) in [5, 5.41) is 14.8. The molecule has 1 rings (SSSR count). The minimum atomic E-state index is -0.680. The van der Waals surface area contributed by atoms with Gasteiger partial charge in [0, 0.05) is 6.04 Å². The molecule has 0 aromatic carbocycles. The summed E-state index contributed by atoms with van der Waals surface area (Å²) in [6.07, 6.45) is 5.24. The topological polar surface area (TPSA) is 104 Å². The molecule has 0 aromatic rings. The number of urea groups is 1. The Morgan fingerprint density at radius 3 is 2.53 bits per heavy atom. The largest absolute Gasteiger partial charge is 0.393 e. The van der Waals surface area contributed by atoms with E-state index >= 15 is 0 Å². The lowest BCUT2D eigenvalue weighted by atomic mass is 9.93. The Labute approximate surface area is 117 Å². The minimum Gasteiger partial charge on any atom is -0.393 e. The summed E-state index contributed by atoms with van der Waals surface area (Å²) in [6, 6.07) is -1.17. The standard InChI is InChI=1S/C12H23N3O3S/c1-19-7-6-10(15-12(13)18)11(17)14-8-2-4-9(16)5-3-8/h8-10,16H,2-7H2,1H3,(H,14,17)(H3,13,15,18). The number of nitrogens with two attached hydrogens (primary N) is 1. The number of rotatable bonds is 6. The summed E-state index contributed by atoms with van der Waals surface area (Å²) in [7, 11) is 0. The predicted molar refractivity (Wildman–Crippen MR) is 75.9 cm³/mol. The molecule has 0 aliphatic heterocycles. The number of hydrogen-bond donors (Lipinski definition) is 4. The highest BCUT2D eigenvalue weighted by Crippen LogP contribution is 2.18. The van der Waals surface area contributed by atoms with Crippen LogP contribution in [0.5, 0.6) is 0 Å². The first-order chi connectivity index (χ1) is 9.02. The SMILES string of the molecule is CSCCC(NC(N)=O)C(=O)NC1CCC(O)CC1. The van der Waals surface area contributed by atoms with Gasteiger partial charge in [0.05, 0.1) is 6.10 Å². The monoisotopic (exact) mass is 289 g/mol. The molecule has 5 N–H and O–H groups in total. The Morgan fingerprint density at radius 1 is 1.37 bits per heavy atom. The Morgan fingerprint density at radius 2 is 2.00 bits per heavy atom. The van der Waals surface area contributed by atoms with Crippen LogP contribution in [0.2, 0.25) is 0 Å². The number of primary amides is 1. The van der Waals surface area contributed by atoms with E-state index in [1.54, 1.807) is 11.8 Å². The van der Waals surface area contributed by atoms with Gasteiger partial charge in [-0.05, 0) is 44.1 Å². The highest BCUT2D eigenvalue weighted by atomic mass is 32.2. The summed E-state index contributed by atoms with van der Waals surface area (Å²) < 4.78 is 0. The third-order valence-corrected chi connectivity index (χ3v) is 3.93. The average Bonchev–Trinajstić information content (AvgIpc) is 2.36. The first-order valence-corrected chi connectivity index (χ1v) is 7.95. The molecular weight excluding hydrogens is 266 g/mol. The van der Waals surface area contributed by atoms with Crippen molar-refractivity contribution < 1.29 is 14.7 Å². The normalized spacial score (nSPS) is 24.5. The highest BCUT2D eigenvalue weighted by molar-refractivity contribution is 7.98. The van der Waals surface area contributed by atoms with Crippen molar-refractivity contribution in [3.05, 3.63) is 0 Å². The van der Waals surface area contributed by atoms with E-state index < -0.39 is 12.1 Å². The van der Waals surface area contributed by atoms with E-state index in [1.165, 1.54) is 0 Å². The van der Waals surface area contributed by atoms with Crippen LogP contribution in [-0.2, 0) is 4.79 Å². The van der Waals surface area contributed by atoms with Gasteiger partial charge in [-0.1, -0.05) is 0 Å². The molecule has 1 aliphatic carbocycles. The lowest BCUT2D eigenvalue weighted by Gasteiger charge is -2.28. The zero-order valence-electron chi connectivity index (χ0n) is 11.2. The molecule has 0 heterocycles. The molecule has 6 nitrogen and oxygen atoms in total. The molecular formula is C12H23N3O3S. The smallest absolute Gasteiger partial charge is 0.312 e. The maximum absolute atomic E-state index is 12.1. The van der Waals surface area contributed by atoms with Crippen molar-refractivity contribution in [2.75, 3.05) is 12.0 Å². The van der Waals surface area contributed by atoms with E-state index in [1.807, 2.05) is 6.26 Å². The van der Waals surface area contributed by atoms with Crippen LogP contribution in [0.25, 0.3) is 0 Å². The number of nitrogens with one attached hydrogen (secondary N) is 2. The summed E-state index contributed by atoms with van der Waals surface area (Å²) in [4.78, 5) is 23.0. The Kier molecular flexibility index (Phi) is 7.01. The van der Waals surface area contributed by atoms with Crippen LogP contribution in [0.3, 0.4) is 0 Å². The van der Waals surface area contributed by atoms with Crippen molar-refractivity contribution in [3.8, 4) is 0 Å². The van der Waals surface area contributed by atoms with Gasteiger partial charge >= 0.3 is 6.03 Å². The van der Waals surface area contributed by atoms with E-state index in [2.05, 4.69) is 10.6 Å². The Bertz CT molecular complexity index is 307. The third kappa shape index (κ3) is 6.15. The molecule has 7 heteroatoms. The molecule has 1 saturated carbocycles. The first-order valence-electron chi connectivity index (χ1n) is 6.56. The van der Waals surface area contributed by atoms with Crippen molar-refractivity contribution in [1.29, 1.82) is 0 Å². The fourth-order valence-electron chi connectivity index (χ4n) is 2.20. The molecule has 0 saturated heterocycles. The molecule has 1 atom stereocenters. The average molecular weight is 289 g/mol. The van der Waals surface area contributed by atoms with Crippen LogP contribution < -0.4 is 16.4 Å². The van der Waals surface area contributed by atoms with Crippen LogP contribution in [0.4, 0.5) is 4.79 Å². The number of aliphatic hydroxyl groups excluding tert-OH is 1. The molecule has 1 fully saturated rings. The second-order valence-corrected chi connectivity index (χ2v) is 5.84. The number of aliphatic hydroxyl groups is 1. The second kappa shape index (κ2) is 8.27. The van der Waals surface area contributed by atoms with Gasteiger partial charge in [0.2, 0.25) is 5.91 Å². The van der Waals surface area contributed by atoms with Gasteiger partial charge in [-0.2, -0.15) is 11.8 Å². The molecule has 0 spiro atoms. The fourth-order valence-corrected chi connectivity index (χ4v) is 2.67. The number of hydrogen-bond acceptors (Lipinski definition) is 4. The number of amides is 3. The van der Waals surface area contributed by atoms with E-state index in [4.69, 9.17) is 5.73 Å². The van der Waals surface area contributed by atoms with Gasteiger partial charge in [0.15, 0.2) is 0 Å². The zero-order valence-corrected chi connectivity index (χ0v) is 12.0. The van der Waals surface area contributed by atoms with E-state index in [0.717, 1.165) is 18.6 Å². The van der Waals surface area contributed by atoms with Crippen molar-refractivity contribution in [2.24, 2.45) is 5.73 Å². The van der Waals surface area contributed by atoms with Crippen LogP contribution in [0.1, 0.15) is 32.1 Å². The van der Waals surface area contributed by atoms with Crippen molar-refractivity contribution in [2.45, 2.75) is 50.3 Å². The van der Waals surface area contributed by atoms with Gasteiger partial charge in [-0.3, -0.25) is 4.79 Å². The maximum Gasteiger partial charge on any atom is 0.312 e. The summed E-state index contributed by atoms with van der Waals surface area (Å²) in [6.45, 7) is 0. The zero-order chi connectivity index (χ0) is 14.3. The van der Waals surface area contributed by atoms with Crippen LogP contribution in [0, 0.1) is 0 Å². The summed E-state index contributed by atoms with van der Waals surface area (Å²) in [5.41, 5.74) is 5.08. The van der Waals surface area contributed by atoms with E-state index in [9.17, 15) is 14.7 Å². The van der Waals surface area contributed by atoms with E-state index in [0.29, 0.717) is 19.3 Å². The molecule has 0 radical (unpaired) electrons. The Hall–Kier alpha value is -0.950. The maximum atomic E-state index is 12.1. The minimum absolute atomic E-state index is 0.0855.